The van der Waals surface area contributed by atoms with Crippen LogP contribution in [-0.2, 0) is 20.9 Å². The number of hydrogen-bond donors (Lipinski definition) is 0. The van der Waals surface area contributed by atoms with E-state index in [2.05, 4.69) is 6.92 Å². The molecule has 0 radical (unpaired) electrons. The van der Waals surface area contributed by atoms with Crippen LogP contribution in [-0.4, -0.2) is 25.8 Å². The van der Waals surface area contributed by atoms with Crippen molar-refractivity contribution in [2.24, 2.45) is 0 Å². The first kappa shape index (κ1) is 16.7. The molecule has 0 spiro atoms. The maximum absolute atomic E-state index is 11.7. The number of aryl methyl sites for hydroxylation is 1. The van der Waals surface area contributed by atoms with Crippen molar-refractivity contribution in [1.29, 1.82) is 0 Å². The molecule has 0 fully saturated rings. The highest BCUT2D eigenvalue weighted by Crippen LogP contribution is 2.09. The summed E-state index contributed by atoms with van der Waals surface area (Å²) in [4.78, 5) is 21.2. The Morgan fingerprint density at radius 3 is 2.40 bits per heavy atom. The van der Waals surface area contributed by atoms with Gasteiger partial charge in [-0.1, -0.05) is 32.4 Å². The van der Waals surface area contributed by atoms with Crippen molar-refractivity contribution in [2.45, 2.75) is 39.5 Å². The van der Waals surface area contributed by atoms with E-state index >= 15 is 0 Å². The summed E-state index contributed by atoms with van der Waals surface area (Å²) in [6.45, 7) is 5.56. The molecule has 1 rings (SSSR count). The zero-order chi connectivity index (χ0) is 14.6. The van der Waals surface area contributed by atoms with Crippen molar-refractivity contribution in [3.05, 3.63) is 35.4 Å². The fourth-order valence-corrected chi connectivity index (χ4v) is 1.67. The summed E-state index contributed by atoms with van der Waals surface area (Å²) in [5.41, 5.74) is 1.73. The van der Waals surface area contributed by atoms with Crippen LogP contribution in [0.3, 0.4) is 0 Å². The van der Waals surface area contributed by atoms with Gasteiger partial charge in [0.2, 0.25) is 0 Å². The normalized spacial score (nSPS) is 10.5. The predicted octanol–water partition coefficient (Wildman–Crippen LogP) is 3.54. The number of benzene rings is 1. The Bertz CT molecular complexity index is 373. The molecule has 0 heterocycles. The van der Waals surface area contributed by atoms with Gasteiger partial charge in [0.15, 0.2) is 0 Å². The highest BCUT2D eigenvalue weighted by Gasteiger charge is 2.08. The van der Waals surface area contributed by atoms with Crippen molar-refractivity contribution in [3.63, 3.8) is 0 Å². The van der Waals surface area contributed by atoms with Crippen molar-refractivity contribution in [3.8, 4) is 0 Å². The van der Waals surface area contributed by atoms with Gasteiger partial charge in [-0.15, -0.1) is 0 Å². The molecule has 112 valence electrons. The monoisotopic (exact) mass is 280 g/mol. The predicted molar refractivity (Wildman–Crippen MR) is 77.5 cm³/mol. The lowest BCUT2D eigenvalue weighted by Gasteiger charge is -2.05. The minimum absolute atomic E-state index is 0.250. The Morgan fingerprint density at radius 1 is 1.00 bits per heavy atom. The zero-order valence-corrected chi connectivity index (χ0v) is 12.4. The minimum Gasteiger partial charge on any atom is -0.379 e. The third-order valence-electron chi connectivity index (χ3n) is 2.80. The molecular formula is C16H24O4. The second-order valence-corrected chi connectivity index (χ2v) is 4.61. The van der Waals surface area contributed by atoms with E-state index in [0.717, 1.165) is 25.7 Å². The van der Waals surface area contributed by atoms with E-state index in [9.17, 15) is 4.79 Å². The van der Waals surface area contributed by atoms with Crippen LogP contribution in [0.5, 0.6) is 0 Å². The molecule has 0 amide bonds. The third-order valence-corrected chi connectivity index (χ3v) is 2.80. The summed E-state index contributed by atoms with van der Waals surface area (Å²) in [6, 6.07) is 7.45. The maximum Gasteiger partial charge on any atom is 0.373 e. The first-order valence-corrected chi connectivity index (χ1v) is 7.28. The van der Waals surface area contributed by atoms with Crippen LogP contribution in [0.4, 0.5) is 0 Å². The summed E-state index contributed by atoms with van der Waals surface area (Å²) in [5.74, 6) is -0.470. The quantitative estimate of drug-likeness (QED) is 0.373. The third kappa shape index (κ3) is 6.68. The number of carbonyl (C=O) groups excluding carboxylic acids is 1. The van der Waals surface area contributed by atoms with Gasteiger partial charge in [-0.25, -0.2) is 4.79 Å². The molecule has 0 bridgehead atoms. The molecule has 0 saturated heterocycles. The van der Waals surface area contributed by atoms with Gasteiger partial charge in [-0.2, -0.15) is 4.89 Å². The van der Waals surface area contributed by atoms with E-state index < -0.39 is 5.97 Å². The van der Waals surface area contributed by atoms with Gasteiger partial charge < -0.3 is 4.74 Å². The van der Waals surface area contributed by atoms with Crippen LogP contribution in [0.15, 0.2) is 24.3 Å². The van der Waals surface area contributed by atoms with Crippen molar-refractivity contribution >= 4 is 5.97 Å². The largest absolute Gasteiger partial charge is 0.379 e. The fourth-order valence-electron chi connectivity index (χ4n) is 1.67. The van der Waals surface area contributed by atoms with Crippen LogP contribution in [0, 0.1) is 0 Å². The smallest absolute Gasteiger partial charge is 0.373 e. The Labute approximate surface area is 121 Å². The van der Waals surface area contributed by atoms with Gasteiger partial charge in [-0.05, 0) is 37.0 Å². The summed E-state index contributed by atoms with van der Waals surface area (Å²) in [6.07, 6.45) is 4.32. The Morgan fingerprint density at radius 2 is 1.75 bits per heavy atom. The lowest BCUT2D eigenvalue weighted by molar-refractivity contribution is -0.247. The molecular weight excluding hydrogens is 256 g/mol. The van der Waals surface area contributed by atoms with E-state index in [0.29, 0.717) is 18.8 Å². The molecule has 1 aromatic carbocycles. The van der Waals surface area contributed by atoms with Gasteiger partial charge in [-0.3, -0.25) is 4.89 Å². The Kier molecular flexibility index (Phi) is 8.67. The highest BCUT2D eigenvalue weighted by molar-refractivity contribution is 5.88. The van der Waals surface area contributed by atoms with Crippen LogP contribution >= 0.6 is 0 Å². The van der Waals surface area contributed by atoms with E-state index in [4.69, 9.17) is 14.5 Å². The van der Waals surface area contributed by atoms with Gasteiger partial charge in [0, 0.05) is 6.61 Å². The van der Waals surface area contributed by atoms with Crippen LogP contribution in [0.1, 0.15) is 49.0 Å². The molecule has 0 unspecified atom stereocenters. The number of ether oxygens (including phenoxy) is 1. The van der Waals surface area contributed by atoms with Crippen LogP contribution in [0.2, 0.25) is 0 Å². The van der Waals surface area contributed by atoms with Crippen LogP contribution < -0.4 is 0 Å². The Balaban J connectivity index is 2.25. The summed E-state index contributed by atoms with van der Waals surface area (Å²) < 4.78 is 5.21. The molecule has 4 heteroatoms. The van der Waals surface area contributed by atoms with Gasteiger partial charge in [0.1, 0.15) is 6.61 Å². The number of carbonyl (C=O) groups is 1. The first-order valence-electron chi connectivity index (χ1n) is 7.28. The molecule has 0 N–H and O–H groups in total. The zero-order valence-electron chi connectivity index (χ0n) is 12.4. The molecule has 0 aliphatic rings. The maximum atomic E-state index is 11.7. The molecule has 20 heavy (non-hydrogen) atoms. The van der Waals surface area contributed by atoms with E-state index in [-0.39, 0.29) is 6.61 Å². The second-order valence-electron chi connectivity index (χ2n) is 4.61. The van der Waals surface area contributed by atoms with Gasteiger partial charge >= 0.3 is 5.97 Å². The standard InChI is InChI=1S/C16H24O4/c1-3-5-6-14-7-9-15(10-8-14)16(17)20-19-13-12-18-11-4-2/h7-10H,3-6,11-13H2,1-2H3. The van der Waals surface area contributed by atoms with Gasteiger partial charge in [0.25, 0.3) is 0 Å². The molecule has 4 nitrogen and oxygen atoms in total. The number of rotatable bonds is 10. The molecule has 0 aliphatic carbocycles. The minimum atomic E-state index is -0.470. The average Bonchev–Trinajstić information content (AvgIpc) is 2.49. The fraction of sp³-hybridized carbons (Fsp3) is 0.562. The molecule has 1 aromatic rings. The molecule has 0 atom stereocenters. The van der Waals surface area contributed by atoms with Crippen molar-refractivity contribution < 1.29 is 19.3 Å². The highest BCUT2D eigenvalue weighted by atomic mass is 17.2. The van der Waals surface area contributed by atoms with Gasteiger partial charge in [0.05, 0.1) is 12.2 Å². The number of unbranched alkanes of at least 4 members (excludes halogenated alkanes) is 1. The molecule has 0 aromatic heterocycles. The van der Waals surface area contributed by atoms with E-state index in [1.807, 2.05) is 19.1 Å². The topological polar surface area (TPSA) is 44.8 Å². The molecule has 0 saturated carbocycles. The van der Waals surface area contributed by atoms with Crippen molar-refractivity contribution in [2.75, 3.05) is 19.8 Å². The van der Waals surface area contributed by atoms with E-state index in [1.165, 1.54) is 5.56 Å². The lowest BCUT2D eigenvalue weighted by Crippen LogP contribution is -2.10. The number of hydrogen-bond acceptors (Lipinski definition) is 4. The SMILES string of the molecule is CCCCc1ccc(C(=O)OOCCOCCC)cc1. The summed E-state index contributed by atoms with van der Waals surface area (Å²) in [7, 11) is 0. The van der Waals surface area contributed by atoms with E-state index in [1.54, 1.807) is 12.1 Å². The molecule has 0 aliphatic heterocycles. The second kappa shape index (κ2) is 10.4. The Hall–Kier alpha value is -1.39. The first-order chi connectivity index (χ1) is 9.77. The van der Waals surface area contributed by atoms with Crippen LogP contribution in [0.25, 0.3) is 0 Å². The summed E-state index contributed by atoms with van der Waals surface area (Å²) >= 11 is 0. The summed E-state index contributed by atoms with van der Waals surface area (Å²) in [5, 5.41) is 0. The van der Waals surface area contributed by atoms with Crippen molar-refractivity contribution in [1.82, 2.24) is 0 Å². The average molecular weight is 280 g/mol. The lowest BCUT2D eigenvalue weighted by atomic mass is 10.1.